The lowest BCUT2D eigenvalue weighted by atomic mass is 10.1. The lowest BCUT2D eigenvalue weighted by molar-refractivity contribution is -0.114. The number of nitrogens with zero attached hydrogens (tertiary/aromatic N) is 6. The van der Waals surface area contributed by atoms with Gasteiger partial charge in [0.15, 0.2) is 0 Å². The number of anilines is 1. The second-order valence-corrected chi connectivity index (χ2v) is 7.06. The Morgan fingerprint density at radius 3 is 2.63 bits per heavy atom. The van der Waals surface area contributed by atoms with Gasteiger partial charge in [-0.2, -0.15) is 5.10 Å². The highest BCUT2D eigenvalue weighted by Crippen LogP contribution is 2.26. The maximum atomic E-state index is 11.6. The standard InChI is InChI=1S/C22H19N7O/c1-15(30)25-21-10-18(28-7-3-4-8-28)11-22(26-21)29-14-23-19-9-16(5-6-20(19)29)17-12-24-27(2)13-17/h3-14H,1-2H3,(H,25,26,30). The Hall–Kier alpha value is -4.20. The molecule has 0 aliphatic heterocycles. The van der Waals surface area contributed by atoms with Gasteiger partial charge in [-0.1, -0.05) is 6.07 Å². The van der Waals surface area contributed by atoms with Gasteiger partial charge in [0, 0.05) is 50.3 Å². The molecule has 4 heterocycles. The average Bonchev–Trinajstić information content (AvgIpc) is 3.47. The molecule has 0 radical (unpaired) electrons. The summed E-state index contributed by atoms with van der Waals surface area (Å²) in [6.45, 7) is 1.47. The van der Waals surface area contributed by atoms with E-state index in [0.29, 0.717) is 11.6 Å². The van der Waals surface area contributed by atoms with E-state index >= 15 is 0 Å². The minimum Gasteiger partial charge on any atom is -0.324 e. The topological polar surface area (TPSA) is 82.6 Å². The summed E-state index contributed by atoms with van der Waals surface area (Å²) in [5.41, 5.74) is 4.75. The van der Waals surface area contributed by atoms with Crippen molar-refractivity contribution in [1.29, 1.82) is 0 Å². The monoisotopic (exact) mass is 397 g/mol. The number of aryl methyl sites for hydroxylation is 1. The van der Waals surface area contributed by atoms with Gasteiger partial charge in [-0.15, -0.1) is 0 Å². The summed E-state index contributed by atoms with van der Waals surface area (Å²) in [6, 6.07) is 13.8. The van der Waals surface area contributed by atoms with Crippen LogP contribution in [0.5, 0.6) is 0 Å². The van der Waals surface area contributed by atoms with Gasteiger partial charge < -0.3 is 9.88 Å². The van der Waals surface area contributed by atoms with Crippen LogP contribution in [-0.4, -0.2) is 34.8 Å². The highest BCUT2D eigenvalue weighted by molar-refractivity contribution is 5.88. The predicted octanol–water partition coefficient (Wildman–Crippen LogP) is 3.57. The summed E-state index contributed by atoms with van der Waals surface area (Å²) >= 11 is 0. The van der Waals surface area contributed by atoms with E-state index in [1.54, 1.807) is 11.0 Å². The first-order valence-electron chi connectivity index (χ1n) is 9.46. The van der Waals surface area contributed by atoms with Crippen molar-refractivity contribution >= 4 is 22.8 Å². The molecular formula is C22H19N7O. The first kappa shape index (κ1) is 17.9. The van der Waals surface area contributed by atoms with Gasteiger partial charge in [0.2, 0.25) is 5.91 Å². The summed E-state index contributed by atoms with van der Waals surface area (Å²) in [5.74, 6) is 0.980. The van der Waals surface area contributed by atoms with E-state index in [1.807, 2.05) is 83.4 Å². The summed E-state index contributed by atoms with van der Waals surface area (Å²) in [6.07, 6.45) is 9.45. The molecule has 4 aromatic heterocycles. The van der Waals surface area contributed by atoms with Gasteiger partial charge in [0.05, 0.1) is 22.9 Å². The Morgan fingerprint density at radius 1 is 1.07 bits per heavy atom. The molecule has 0 atom stereocenters. The van der Waals surface area contributed by atoms with Crippen LogP contribution >= 0.6 is 0 Å². The Bertz CT molecular complexity index is 1360. The SMILES string of the molecule is CC(=O)Nc1cc(-n2cccc2)cc(-n2cnc3cc(-c4cnn(C)c4)ccc32)n1. The number of aromatic nitrogens is 6. The summed E-state index contributed by atoms with van der Waals surface area (Å²) in [4.78, 5) is 20.8. The van der Waals surface area contributed by atoms with Crippen molar-refractivity contribution < 1.29 is 4.79 Å². The normalized spacial score (nSPS) is 11.1. The molecule has 0 unspecified atom stereocenters. The summed E-state index contributed by atoms with van der Waals surface area (Å²) in [7, 11) is 1.90. The Kier molecular flexibility index (Phi) is 4.17. The van der Waals surface area contributed by atoms with Crippen LogP contribution in [0.15, 0.2) is 73.6 Å². The molecule has 148 valence electrons. The van der Waals surface area contributed by atoms with Crippen LogP contribution in [-0.2, 0) is 11.8 Å². The molecule has 0 aliphatic carbocycles. The van der Waals surface area contributed by atoms with Gasteiger partial charge in [-0.05, 0) is 29.8 Å². The molecule has 1 amide bonds. The molecule has 8 nitrogen and oxygen atoms in total. The van der Waals surface area contributed by atoms with Crippen molar-refractivity contribution in [2.45, 2.75) is 6.92 Å². The Labute approximate surface area is 172 Å². The highest BCUT2D eigenvalue weighted by atomic mass is 16.1. The number of fused-ring (bicyclic) bond motifs is 1. The number of amides is 1. The fourth-order valence-corrected chi connectivity index (χ4v) is 3.47. The van der Waals surface area contributed by atoms with Crippen LogP contribution in [0.25, 0.3) is 33.7 Å². The first-order valence-corrected chi connectivity index (χ1v) is 9.46. The molecule has 0 saturated heterocycles. The lowest BCUT2D eigenvalue weighted by Gasteiger charge is -2.11. The zero-order valence-electron chi connectivity index (χ0n) is 16.5. The van der Waals surface area contributed by atoms with Crippen molar-refractivity contribution in [3.05, 3.63) is 73.6 Å². The maximum Gasteiger partial charge on any atom is 0.222 e. The van der Waals surface area contributed by atoms with Crippen LogP contribution < -0.4 is 5.32 Å². The van der Waals surface area contributed by atoms with Gasteiger partial charge in [-0.3, -0.25) is 14.0 Å². The van der Waals surface area contributed by atoms with E-state index in [0.717, 1.165) is 27.8 Å². The number of nitrogens with one attached hydrogen (secondary N) is 1. The minimum absolute atomic E-state index is 0.172. The number of benzene rings is 1. The quantitative estimate of drug-likeness (QED) is 0.503. The van der Waals surface area contributed by atoms with Crippen molar-refractivity contribution in [3.63, 3.8) is 0 Å². The number of carbonyl (C=O) groups is 1. The number of carbonyl (C=O) groups excluding carboxylic acids is 1. The number of pyridine rings is 1. The molecule has 0 fully saturated rings. The third-order valence-corrected chi connectivity index (χ3v) is 4.84. The van der Waals surface area contributed by atoms with Crippen molar-refractivity contribution in [2.24, 2.45) is 7.05 Å². The molecule has 1 aromatic carbocycles. The van der Waals surface area contributed by atoms with Gasteiger partial charge in [-0.25, -0.2) is 9.97 Å². The fraction of sp³-hybridized carbons (Fsp3) is 0.0909. The van der Waals surface area contributed by atoms with Crippen molar-refractivity contribution in [3.8, 4) is 22.6 Å². The molecule has 0 bridgehead atoms. The van der Waals surface area contributed by atoms with Gasteiger partial charge >= 0.3 is 0 Å². The number of rotatable bonds is 4. The summed E-state index contributed by atoms with van der Waals surface area (Å²) < 4.78 is 5.66. The van der Waals surface area contributed by atoms with E-state index in [9.17, 15) is 4.79 Å². The predicted molar refractivity (Wildman–Crippen MR) is 115 cm³/mol. The number of hydrogen-bond donors (Lipinski definition) is 1. The van der Waals surface area contributed by atoms with Crippen LogP contribution in [0.4, 0.5) is 5.82 Å². The highest BCUT2D eigenvalue weighted by Gasteiger charge is 2.12. The number of hydrogen-bond acceptors (Lipinski definition) is 4. The first-order chi connectivity index (χ1) is 14.6. The molecular weight excluding hydrogens is 378 g/mol. The van der Waals surface area contributed by atoms with E-state index in [4.69, 9.17) is 0 Å². The van der Waals surface area contributed by atoms with Crippen LogP contribution in [0.1, 0.15) is 6.92 Å². The lowest BCUT2D eigenvalue weighted by Crippen LogP contribution is -2.10. The Morgan fingerprint density at radius 2 is 1.90 bits per heavy atom. The number of imidazole rings is 1. The minimum atomic E-state index is -0.172. The molecule has 0 aliphatic rings. The molecule has 5 rings (SSSR count). The molecule has 0 saturated carbocycles. The van der Waals surface area contributed by atoms with E-state index in [-0.39, 0.29) is 5.91 Å². The molecule has 8 heteroatoms. The van der Waals surface area contributed by atoms with Crippen LogP contribution in [0.3, 0.4) is 0 Å². The van der Waals surface area contributed by atoms with Crippen LogP contribution in [0.2, 0.25) is 0 Å². The third-order valence-electron chi connectivity index (χ3n) is 4.84. The average molecular weight is 397 g/mol. The molecule has 30 heavy (non-hydrogen) atoms. The Balaban J connectivity index is 1.62. The zero-order chi connectivity index (χ0) is 20.7. The smallest absolute Gasteiger partial charge is 0.222 e. The van der Waals surface area contributed by atoms with E-state index in [2.05, 4.69) is 20.4 Å². The third kappa shape index (κ3) is 3.24. The molecule has 5 aromatic rings. The fourth-order valence-electron chi connectivity index (χ4n) is 3.47. The summed E-state index contributed by atoms with van der Waals surface area (Å²) in [5, 5.41) is 7.02. The van der Waals surface area contributed by atoms with Gasteiger partial charge in [0.25, 0.3) is 0 Å². The molecule has 0 spiro atoms. The van der Waals surface area contributed by atoms with E-state index in [1.165, 1.54) is 6.92 Å². The largest absolute Gasteiger partial charge is 0.324 e. The van der Waals surface area contributed by atoms with Gasteiger partial charge in [0.1, 0.15) is 18.0 Å². The zero-order valence-corrected chi connectivity index (χ0v) is 16.5. The maximum absolute atomic E-state index is 11.6. The van der Waals surface area contributed by atoms with Crippen molar-refractivity contribution in [2.75, 3.05) is 5.32 Å². The molecule has 1 N–H and O–H groups in total. The van der Waals surface area contributed by atoms with E-state index < -0.39 is 0 Å². The second kappa shape index (κ2) is 7.00. The van der Waals surface area contributed by atoms with Crippen LogP contribution in [0, 0.1) is 0 Å². The van der Waals surface area contributed by atoms with Crippen molar-refractivity contribution in [1.82, 2.24) is 28.9 Å². The second-order valence-electron chi connectivity index (χ2n) is 7.06.